The van der Waals surface area contributed by atoms with E-state index >= 15 is 0 Å². The van der Waals surface area contributed by atoms with Crippen molar-refractivity contribution in [3.05, 3.63) is 60.1 Å². The van der Waals surface area contributed by atoms with Crippen LogP contribution in [0.2, 0.25) is 0 Å². The Hall–Kier alpha value is -2.27. The number of rotatable bonds is 7. The van der Waals surface area contributed by atoms with E-state index in [4.69, 9.17) is 4.42 Å². The predicted molar refractivity (Wildman–Crippen MR) is 107 cm³/mol. The van der Waals surface area contributed by atoms with Gasteiger partial charge in [0.25, 0.3) is 0 Å². The van der Waals surface area contributed by atoms with Crippen LogP contribution in [0.4, 0.5) is 4.79 Å². The van der Waals surface area contributed by atoms with Crippen molar-refractivity contribution >= 4 is 6.03 Å². The van der Waals surface area contributed by atoms with Crippen molar-refractivity contribution in [2.45, 2.75) is 38.8 Å². The number of benzene rings is 1. The fourth-order valence-electron chi connectivity index (χ4n) is 3.89. The Labute approximate surface area is 162 Å². The zero-order chi connectivity index (χ0) is 19.1. The maximum Gasteiger partial charge on any atom is 0.318 e. The molecule has 0 spiro atoms. The first-order valence-electron chi connectivity index (χ1n) is 9.96. The minimum Gasteiger partial charge on any atom is -0.467 e. The quantitative estimate of drug-likeness (QED) is 0.808. The molecule has 0 radical (unpaired) electrons. The number of carbonyl (C=O) groups is 1. The number of hydrogen-bond acceptors (Lipinski definition) is 3. The molecule has 2 aromatic rings. The average Bonchev–Trinajstić information content (AvgIpc) is 3.17. The van der Waals surface area contributed by atoms with Gasteiger partial charge in [-0.15, -0.1) is 0 Å². The van der Waals surface area contributed by atoms with Gasteiger partial charge in [-0.25, -0.2) is 4.79 Å². The summed E-state index contributed by atoms with van der Waals surface area (Å²) >= 11 is 0. The molecule has 1 saturated heterocycles. The van der Waals surface area contributed by atoms with Crippen LogP contribution in [-0.4, -0.2) is 48.6 Å². The van der Waals surface area contributed by atoms with E-state index in [-0.39, 0.29) is 12.1 Å². The monoisotopic (exact) mass is 369 g/mol. The van der Waals surface area contributed by atoms with E-state index in [9.17, 15) is 4.79 Å². The van der Waals surface area contributed by atoms with Gasteiger partial charge in [0.05, 0.1) is 12.8 Å². The third-order valence-electron chi connectivity index (χ3n) is 5.29. The molecule has 2 heterocycles. The molecule has 0 aliphatic carbocycles. The summed E-state index contributed by atoms with van der Waals surface area (Å²) in [5, 5.41) is 3.33. The molecule has 5 heteroatoms. The first kappa shape index (κ1) is 19.5. The molecule has 5 nitrogen and oxygen atoms in total. The topological polar surface area (TPSA) is 48.7 Å². The van der Waals surface area contributed by atoms with Crippen LogP contribution >= 0.6 is 0 Å². The fraction of sp³-hybridized carbons (Fsp3) is 0.500. The Morgan fingerprint density at radius 1 is 1.26 bits per heavy atom. The maximum absolute atomic E-state index is 13.0. The van der Waals surface area contributed by atoms with Crippen molar-refractivity contribution in [3.8, 4) is 0 Å². The van der Waals surface area contributed by atoms with E-state index in [1.165, 1.54) is 5.56 Å². The van der Waals surface area contributed by atoms with Crippen molar-refractivity contribution in [2.24, 2.45) is 5.92 Å². The number of nitrogens with zero attached hydrogens (tertiary/aromatic N) is 2. The van der Waals surface area contributed by atoms with E-state index in [0.717, 1.165) is 44.7 Å². The lowest BCUT2D eigenvalue weighted by Gasteiger charge is -2.38. The third-order valence-corrected chi connectivity index (χ3v) is 5.29. The lowest BCUT2D eigenvalue weighted by molar-refractivity contribution is 0.146. The Kier molecular flexibility index (Phi) is 6.93. The molecule has 0 saturated carbocycles. The summed E-state index contributed by atoms with van der Waals surface area (Å²) < 4.78 is 5.44. The number of piperidine rings is 1. The molecule has 1 aromatic heterocycles. The van der Waals surface area contributed by atoms with Crippen LogP contribution in [0.5, 0.6) is 0 Å². The van der Waals surface area contributed by atoms with Gasteiger partial charge < -0.3 is 19.5 Å². The van der Waals surface area contributed by atoms with Gasteiger partial charge in [0, 0.05) is 19.1 Å². The largest absolute Gasteiger partial charge is 0.467 e. The van der Waals surface area contributed by atoms with Crippen molar-refractivity contribution in [3.63, 3.8) is 0 Å². The van der Waals surface area contributed by atoms with Crippen LogP contribution in [0.25, 0.3) is 0 Å². The summed E-state index contributed by atoms with van der Waals surface area (Å²) in [6, 6.07) is 14.6. The van der Waals surface area contributed by atoms with Gasteiger partial charge in [-0.05, 0) is 56.5 Å². The molecular formula is C22H31N3O2. The van der Waals surface area contributed by atoms with Crippen molar-refractivity contribution in [2.75, 3.05) is 26.7 Å². The van der Waals surface area contributed by atoms with Crippen LogP contribution in [-0.2, 0) is 13.0 Å². The molecular weight excluding hydrogens is 338 g/mol. The molecule has 2 amide bonds. The highest BCUT2D eigenvalue weighted by molar-refractivity contribution is 5.74. The van der Waals surface area contributed by atoms with E-state index in [2.05, 4.69) is 48.5 Å². The van der Waals surface area contributed by atoms with Gasteiger partial charge in [0.1, 0.15) is 5.76 Å². The summed E-state index contributed by atoms with van der Waals surface area (Å²) in [5.74, 6) is 1.24. The zero-order valence-electron chi connectivity index (χ0n) is 16.4. The number of nitrogens with one attached hydrogen (secondary N) is 1. The smallest absolute Gasteiger partial charge is 0.318 e. The lowest BCUT2D eigenvalue weighted by atomic mass is 9.87. The Morgan fingerprint density at radius 2 is 2.07 bits per heavy atom. The van der Waals surface area contributed by atoms with Crippen LogP contribution in [0.1, 0.15) is 31.1 Å². The van der Waals surface area contributed by atoms with E-state index in [1.54, 1.807) is 6.26 Å². The number of urea groups is 1. The molecule has 1 fully saturated rings. The van der Waals surface area contributed by atoms with Gasteiger partial charge in [-0.1, -0.05) is 37.3 Å². The summed E-state index contributed by atoms with van der Waals surface area (Å²) in [6.07, 6.45) is 4.56. The highest BCUT2D eigenvalue weighted by Crippen LogP contribution is 2.21. The zero-order valence-corrected chi connectivity index (χ0v) is 16.4. The standard InChI is InChI=1S/C22H31N3O2/c1-3-12-25(17-20-10-7-14-27-20)22(26)23-21-11-13-24(2)16-19(21)15-18-8-5-4-6-9-18/h4-10,14,19,21H,3,11-13,15-17H2,1-2H3,(H,23,26)/t19-,21+/m0/s1. The number of hydrogen-bond donors (Lipinski definition) is 1. The minimum absolute atomic E-state index is 0.0147. The molecule has 3 rings (SSSR count). The van der Waals surface area contributed by atoms with Gasteiger partial charge in [-0.3, -0.25) is 0 Å². The van der Waals surface area contributed by atoms with Crippen LogP contribution in [0, 0.1) is 5.92 Å². The maximum atomic E-state index is 13.0. The minimum atomic E-state index is 0.0147. The highest BCUT2D eigenvalue weighted by Gasteiger charge is 2.30. The molecule has 0 bridgehead atoms. The SMILES string of the molecule is CCCN(Cc1ccco1)C(=O)N[C@@H]1CCN(C)C[C@@H]1Cc1ccccc1. The first-order valence-corrected chi connectivity index (χ1v) is 9.96. The second kappa shape index (κ2) is 9.60. The van der Waals surface area contributed by atoms with Gasteiger partial charge in [0.15, 0.2) is 0 Å². The molecule has 0 unspecified atom stereocenters. The first-order chi connectivity index (χ1) is 13.2. The van der Waals surface area contributed by atoms with Gasteiger partial charge in [-0.2, -0.15) is 0 Å². The van der Waals surface area contributed by atoms with Crippen molar-refractivity contribution < 1.29 is 9.21 Å². The molecule has 2 atom stereocenters. The number of amides is 2. The molecule has 1 aliphatic rings. The number of furan rings is 1. The molecule has 146 valence electrons. The summed E-state index contributed by atoms with van der Waals surface area (Å²) in [4.78, 5) is 17.2. The van der Waals surface area contributed by atoms with Crippen LogP contribution in [0.3, 0.4) is 0 Å². The third kappa shape index (κ3) is 5.60. The Bertz CT molecular complexity index is 687. The Morgan fingerprint density at radius 3 is 2.78 bits per heavy atom. The fourth-order valence-corrected chi connectivity index (χ4v) is 3.89. The second-order valence-corrected chi connectivity index (χ2v) is 7.56. The molecule has 1 aliphatic heterocycles. The van der Waals surface area contributed by atoms with Crippen LogP contribution < -0.4 is 5.32 Å². The molecule has 27 heavy (non-hydrogen) atoms. The number of carbonyl (C=O) groups excluding carboxylic acids is 1. The molecule has 1 aromatic carbocycles. The molecule has 1 N–H and O–H groups in total. The van der Waals surface area contributed by atoms with Gasteiger partial charge in [0.2, 0.25) is 0 Å². The normalized spacial score (nSPS) is 20.4. The second-order valence-electron chi connectivity index (χ2n) is 7.56. The summed E-state index contributed by atoms with van der Waals surface area (Å²) in [7, 11) is 2.16. The summed E-state index contributed by atoms with van der Waals surface area (Å²) in [5.41, 5.74) is 1.33. The summed E-state index contributed by atoms with van der Waals surface area (Å²) in [6.45, 7) is 5.36. The van der Waals surface area contributed by atoms with Crippen molar-refractivity contribution in [1.29, 1.82) is 0 Å². The van der Waals surface area contributed by atoms with E-state index < -0.39 is 0 Å². The highest BCUT2D eigenvalue weighted by atomic mass is 16.3. The average molecular weight is 370 g/mol. The van der Waals surface area contributed by atoms with Gasteiger partial charge >= 0.3 is 6.03 Å². The lowest BCUT2D eigenvalue weighted by Crippen LogP contribution is -2.53. The predicted octanol–water partition coefficient (Wildman–Crippen LogP) is 3.76. The number of likely N-dealkylation sites (tertiary alicyclic amines) is 1. The van der Waals surface area contributed by atoms with Crippen LogP contribution in [0.15, 0.2) is 53.1 Å². The van der Waals surface area contributed by atoms with E-state index in [0.29, 0.717) is 12.5 Å². The Balaban J connectivity index is 1.65. The van der Waals surface area contributed by atoms with Crippen molar-refractivity contribution in [1.82, 2.24) is 15.1 Å². The van der Waals surface area contributed by atoms with E-state index in [1.807, 2.05) is 23.1 Å².